The van der Waals surface area contributed by atoms with Crippen LogP contribution in [0.3, 0.4) is 0 Å². The molecule has 5 heteroatoms. The molecule has 98 valence electrons. The summed E-state index contributed by atoms with van der Waals surface area (Å²) in [7, 11) is 3.83. The van der Waals surface area contributed by atoms with Crippen molar-refractivity contribution in [3.05, 3.63) is 16.9 Å². The molecule has 1 aromatic heterocycles. The van der Waals surface area contributed by atoms with Crippen LogP contribution in [0.5, 0.6) is 0 Å². The first kappa shape index (κ1) is 14.5. The first-order valence-electron chi connectivity index (χ1n) is 6.11. The number of likely N-dealkylation sites (N-methyl/N-ethyl adjacent to an activating group) is 1. The Hall–Kier alpha value is -0.580. The van der Waals surface area contributed by atoms with E-state index in [1.54, 1.807) is 6.20 Å². The van der Waals surface area contributed by atoms with Gasteiger partial charge in [-0.2, -0.15) is 5.10 Å². The molecule has 0 spiro atoms. The maximum absolute atomic E-state index is 6.18. The Bertz CT molecular complexity index is 315. The van der Waals surface area contributed by atoms with Crippen LogP contribution in [-0.4, -0.2) is 29.5 Å². The third-order valence-electron chi connectivity index (χ3n) is 2.87. The second-order valence-electron chi connectivity index (χ2n) is 4.05. The molecule has 2 unspecified atom stereocenters. The molecular formula is C12H22ClN3O. The Labute approximate surface area is 108 Å². The van der Waals surface area contributed by atoms with Gasteiger partial charge in [0.1, 0.15) is 0 Å². The Balaban J connectivity index is 2.95. The number of nitrogens with zero attached hydrogens (tertiary/aromatic N) is 2. The Morgan fingerprint density at radius 1 is 1.53 bits per heavy atom. The lowest BCUT2D eigenvalue weighted by Gasteiger charge is -2.27. The van der Waals surface area contributed by atoms with E-state index in [2.05, 4.69) is 17.3 Å². The molecular weight excluding hydrogens is 238 g/mol. The SMILES string of the molecule is CCCC(OCC)C(NC)c1c(Cl)cnn1C. The van der Waals surface area contributed by atoms with E-state index in [1.807, 2.05) is 25.7 Å². The average molecular weight is 260 g/mol. The van der Waals surface area contributed by atoms with Crippen LogP contribution in [0.1, 0.15) is 38.4 Å². The zero-order valence-corrected chi connectivity index (χ0v) is 11.8. The second kappa shape index (κ2) is 6.99. The van der Waals surface area contributed by atoms with Gasteiger partial charge in [-0.1, -0.05) is 24.9 Å². The second-order valence-corrected chi connectivity index (χ2v) is 4.46. The van der Waals surface area contributed by atoms with E-state index in [0.717, 1.165) is 18.5 Å². The summed E-state index contributed by atoms with van der Waals surface area (Å²) in [5.74, 6) is 0. The van der Waals surface area contributed by atoms with Gasteiger partial charge < -0.3 is 10.1 Å². The molecule has 17 heavy (non-hydrogen) atoms. The van der Waals surface area contributed by atoms with Crippen molar-refractivity contribution < 1.29 is 4.74 Å². The molecule has 1 rings (SSSR count). The first-order chi connectivity index (χ1) is 8.15. The molecule has 1 N–H and O–H groups in total. The Kier molecular flexibility index (Phi) is 5.95. The third kappa shape index (κ3) is 3.44. The summed E-state index contributed by atoms with van der Waals surface area (Å²) >= 11 is 6.18. The van der Waals surface area contributed by atoms with E-state index in [9.17, 15) is 0 Å². The van der Waals surface area contributed by atoms with E-state index in [4.69, 9.17) is 16.3 Å². The fourth-order valence-electron chi connectivity index (χ4n) is 2.11. The number of aromatic nitrogens is 2. The average Bonchev–Trinajstić information content (AvgIpc) is 2.62. The van der Waals surface area contributed by atoms with Crippen molar-refractivity contribution >= 4 is 11.6 Å². The van der Waals surface area contributed by atoms with E-state index < -0.39 is 0 Å². The van der Waals surface area contributed by atoms with Crippen LogP contribution < -0.4 is 5.32 Å². The highest BCUT2D eigenvalue weighted by Crippen LogP contribution is 2.27. The quantitative estimate of drug-likeness (QED) is 0.818. The van der Waals surface area contributed by atoms with Crippen LogP contribution in [-0.2, 0) is 11.8 Å². The highest BCUT2D eigenvalue weighted by molar-refractivity contribution is 6.31. The number of rotatable bonds is 7. The highest BCUT2D eigenvalue weighted by atomic mass is 35.5. The first-order valence-corrected chi connectivity index (χ1v) is 6.49. The van der Waals surface area contributed by atoms with Crippen molar-refractivity contribution in [1.29, 1.82) is 0 Å². The van der Waals surface area contributed by atoms with Crippen LogP contribution in [0, 0.1) is 0 Å². The third-order valence-corrected chi connectivity index (χ3v) is 3.16. The molecule has 0 fully saturated rings. The van der Waals surface area contributed by atoms with Crippen molar-refractivity contribution in [2.24, 2.45) is 7.05 Å². The van der Waals surface area contributed by atoms with Crippen LogP contribution in [0.25, 0.3) is 0 Å². The van der Waals surface area contributed by atoms with Gasteiger partial charge in [-0.25, -0.2) is 0 Å². The largest absolute Gasteiger partial charge is 0.376 e. The lowest BCUT2D eigenvalue weighted by molar-refractivity contribution is 0.0276. The van der Waals surface area contributed by atoms with E-state index in [-0.39, 0.29) is 12.1 Å². The van der Waals surface area contributed by atoms with Crippen molar-refractivity contribution in [3.8, 4) is 0 Å². The zero-order chi connectivity index (χ0) is 12.8. The minimum Gasteiger partial charge on any atom is -0.376 e. The lowest BCUT2D eigenvalue weighted by atomic mass is 10.0. The van der Waals surface area contributed by atoms with Gasteiger partial charge >= 0.3 is 0 Å². The summed E-state index contributed by atoms with van der Waals surface area (Å²) in [4.78, 5) is 0. The molecule has 0 saturated carbocycles. The van der Waals surface area contributed by atoms with Crippen LogP contribution in [0.15, 0.2) is 6.20 Å². The van der Waals surface area contributed by atoms with Crippen LogP contribution >= 0.6 is 11.6 Å². The summed E-state index contributed by atoms with van der Waals surface area (Å²) in [6.45, 7) is 4.88. The van der Waals surface area contributed by atoms with E-state index in [0.29, 0.717) is 11.6 Å². The molecule has 4 nitrogen and oxygen atoms in total. The molecule has 0 aliphatic rings. The maximum atomic E-state index is 6.18. The van der Waals surface area contributed by atoms with Gasteiger partial charge in [-0.05, 0) is 20.4 Å². The van der Waals surface area contributed by atoms with E-state index >= 15 is 0 Å². The van der Waals surface area contributed by atoms with Crippen LogP contribution in [0.2, 0.25) is 5.02 Å². The monoisotopic (exact) mass is 259 g/mol. The number of aryl methyl sites for hydroxylation is 1. The lowest BCUT2D eigenvalue weighted by Crippen LogP contribution is -2.33. The molecule has 0 saturated heterocycles. The summed E-state index contributed by atoms with van der Waals surface area (Å²) in [5, 5.41) is 8.15. The number of hydrogen-bond donors (Lipinski definition) is 1. The van der Waals surface area contributed by atoms with Crippen molar-refractivity contribution in [3.63, 3.8) is 0 Å². The van der Waals surface area contributed by atoms with Crippen molar-refractivity contribution in [2.45, 2.75) is 38.8 Å². The normalized spacial score (nSPS) is 14.9. The van der Waals surface area contributed by atoms with E-state index in [1.165, 1.54) is 0 Å². The maximum Gasteiger partial charge on any atom is 0.0835 e. The van der Waals surface area contributed by atoms with Crippen molar-refractivity contribution in [1.82, 2.24) is 15.1 Å². The fraction of sp³-hybridized carbons (Fsp3) is 0.750. The minimum atomic E-state index is 0.0786. The summed E-state index contributed by atoms with van der Waals surface area (Å²) in [6.07, 6.45) is 3.89. The predicted octanol–water partition coefficient (Wildman–Crippen LogP) is 2.54. The molecule has 2 atom stereocenters. The number of hydrogen-bond acceptors (Lipinski definition) is 3. The molecule has 1 aromatic rings. The Morgan fingerprint density at radius 2 is 2.24 bits per heavy atom. The topological polar surface area (TPSA) is 39.1 Å². The summed E-state index contributed by atoms with van der Waals surface area (Å²) in [5.41, 5.74) is 0.987. The molecule has 0 aliphatic heterocycles. The smallest absolute Gasteiger partial charge is 0.0835 e. The minimum absolute atomic E-state index is 0.0786. The summed E-state index contributed by atoms with van der Waals surface area (Å²) in [6, 6.07) is 0.0786. The van der Waals surface area contributed by atoms with Gasteiger partial charge in [0.05, 0.1) is 29.1 Å². The number of nitrogens with one attached hydrogen (secondary N) is 1. The van der Waals surface area contributed by atoms with Crippen LogP contribution in [0.4, 0.5) is 0 Å². The summed E-state index contributed by atoms with van der Waals surface area (Å²) < 4.78 is 7.62. The zero-order valence-electron chi connectivity index (χ0n) is 11.0. The van der Waals surface area contributed by atoms with Gasteiger partial charge in [-0.15, -0.1) is 0 Å². The van der Waals surface area contributed by atoms with Gasteiger partial charge in [-0.3, -0.25) is 4.68 Å². The number of halogens is 1. The number of ether oxygens (including phenoxy) is 1. The molecule has 0 bridgehead atoms. The van der Waals surface area contributed by atoms with Crippen molar-refractivity contribution in [2.75, 3.05) is 13.7 Å². The highest BCUT2D eigenvalue weighted by Gasteiger charge is 2.26. The molecule has 0 amide bonds. The van der Waals surface area contributed by atoms with Gasteiger partial charge in [0, 0.05) is 13.7 Å². The molecule has 0 radical (unpaired) electrons. The predicted molar refractivity (Wildman–Crippen MR) is 70.3 cm³/mol. The Morgan fingerprint density at radius 3 is 2.65 bits per heavy atom. The van der Waals surface area contributed by atoms with Gasteiger partial charge in [0.15, 0.2) is 0 Å². The fourth-order valence-corrected chi connectivity index (χ4v) is 2.40. The van der Waals surface area contributed by atoms with Gasteiger partial charge in [0.25, 0.3) is 0 Å². The van der Waals surface area contributed by atoms with Gasteiger partial charge in [0.2, 0.25) is 0 Å². The molecule has 0 aliphatic carbocycles. The standard InChI is InChI=1S/C12H22ClN3O/c1-5-7-10(17-6-2)11(14-3)12-9(13)8-15-16(12)4/h8,10-11,14H,5-7H2,1-4H3. The molecule has 1 heterocycles. The molecule has 0 aromatic carbocycles.